The first-order valence-electron chi connectivity index (χ1n) is 8.75. The molecule has 3 unspecified atom stereocenters. The van der Waals surface area contributed by atoms with E-state index in [1.807, 2.05) is 22.9 Å². The van der Waals surface area contributed by atoms with Gasteiger partial charge in [0.2, 0.25) is 0 Å². The molecule has 8 heteroatoms. The molecule has 2 saturated carbocycles. The van der Waals surface area contributed by atoms with Crippen LogP contribution in [0.4, 0.5) is 5.82 Å². The van der Waals surface area contributed by atoms with Crippen LogP contribution in [-0.2, 0) is 9.53 Å². The Morgan fingerprint density at radius 1 is 1.22 bits per heavy atom. The zero-order valence-corrected chi connectivity index (χ0v) is 15.7. The van der Waals surface area contributed by atoms with Crippen molar-refractivity contribution < 1.29 is 9.53 Å². The first-order valence-corrected chi connectivity index (χ1v) is 9.50. The fourth-order valence-electron chi connectivity index (χ4n) is 4.84. The molecule has 0 N–H and O–H groups in total. The van der Waals surface area contributed by atoms with E-state index in [1.54, 1.807) is 18.6 Å². The van der Waals surface area contributed by atoms with Crippen LogP contribution in [0.1, 0.15) is 0 Å². The zero-order chi connectivity index (χ0) is 18.4. The van der Waals surface area contributed by atoms with Crippen LogP contribution in [0.15, 0.2) is 36.9 Å². The van der Waals surface area contributed by atoms with Crippen molar-refractivity contribution in [3.05, 3.63) is 47.0 Å². The minimum atomic E-state index is -0.270. The van der Waals surface area contributed by atoms with Crippen LogP contribution in [0.25, 0.3) is 16.6 Å². The van der Waals surface area contributed by atoms with Crippen LogP contribution in [0.3, 0.4) is 0 Å². The molecule has 2 aliphatic carbocycles. The number of hydrogen-bond acceptors (Lipinski definition) is 5. The summed E-state index contributed by atoms with van der Waals surface area (Å²) in [7, 11) is 1.44. The summed E-state index contributed by atoms with van der Waals surface area (Å²) in [6, 6.07) is 5.76. The number of nitrogens with zero attached hydrogens (tertiary/aromatic N) is 4. The van der Waals surface area contributed by atoms with Gasteiger partial charge >= 0.3 is 5.97 Å². The third-order valence-electron chi connectivity index (χ3n) is 6.15. The van der Waals surface area contributed by atoms with Crippen molar-refractivity contribution >= 4 is 45.9 Å². The lowest BCUT2D eigenvalue weighted by atomic mass is 10.1. The van der Waals surface area contributed by atoms with Crippen molar-refractivity contribution in [2.75, 3.05) is 12.0 Å². The highest BCUT2D eigenvalue weighted by molar-refractivity contribution is 6.45. The van der Waals surface area contributed by atoms with Gasteiger partial charge in [-0.05, 0) is 24.0 Å². The van der Waals surface area contributed by atoms with Gasteiger partial charge in [-0.1, -0.05) is 23.2 Å². The summed E-state index contributed by atoms with van der Waals surface area (Å²) >= 11 is 12.7. The Balaban J connectivity index is 1.58. The maximum Gasteiger partial charge on any atom is 0.328 e. The molecule has 136 valence electrons. The lowest BCUT2D eigenvalue weighted by Crippen LogP contribution is -2.38. The van der Waals surface area contributed by atoms with Crippen LogP contribution in [0.5, 0.6) is 0 Å². The Hall–Kier alpha value is -2.31. The van der Waals surface area contributed by atoms with Crippen LogP contribution >= 0.6 is 23.2 Å². The first-order chi connectivity index (χ1) is 13.1. The van der Waals surface area contributed by atoms with E-state index in [-0.39, 0.29) is 12.0 Å². The molecular weight excluding hydrogens is 387 g/mol. The van der Waals surface area contributed by atoms with Gasteiger partial charge in [0.05, 0.1) is 34.7 Å². The zero-order valence-electron chi connectivity index (χ0n) is 14.2. The van der Waals surface area contributed by atoms with Crippen LogP contribution in [0, 0.1) is 17.8 Å². The van der Waals surface area contributed by atoms with Crippen LogP contribution in [0.2, 0.25) is 10.0 Å². The quantitative estimate of drug-likeness (QED) is 0.631. The summed E-state index contributed by atoms with van der Waals surface area (Å²) in [6.45, 7) is 0. The molecule has 0 spiro atoms. The number of anilines is 1. The SMILES string of the molecule is COC(=O)[C@@H]1C2C3C([C@H]32)N1c1cc(-n2ccnc2)c2ccc(Cl)c(Cl)c2n1. The summed E-state index contributed by atoms with van der Waals surface area (Å²) in [5.41, 5.74) is 1.52. The number of ether oxygens (including phenoxy) is 1. The summed E-state index contributed by atoms with van der Waals surface area (Å²) in [5.74, 6) is 2.11. The predicted molar refractivity (Wildman–Crippen MR) is 101 cm³/mol. The number of pyridine rings is 1. The van der Waals surface area contributed by atoms with E-state index in [0.29, 0.717) is 39.4 Å². The summed E-state index contributed by atoms with van der Waals surface area (Å²) in [6.07, 6.45) is 5.32. The molecule has 1 aromatic carbocycles. The highest BCUT2D eigenvalue weighted by Gasteiger charge is 2.86. The second-order valence-electron chi connectivity index (χ2n) is 7.32. The molecule has 2 bridgehead atoms. The smallest absolute Gasteiger partial charge is 0.328 e. The van der Waals surface area contributed by atoms with Gasteiger partial charge in [-0.3, -0.25) is 0 Å². The molecule has 0 amide bonds. The molecular formula is C19H14Cl2N4O2. The van der Waals surface area contributed by atoms with Gasteiger partial charge in [-0.25, -0.2) is 14.8 Å². The number of aromatic nitrogens is 3. The Bertz CT molecular complexity index is 1110. The number of rotatable bonds is 3. The normalized spacial score (nSPS) is 29.7. The average Bonchev–Trinajstić information content (AvgIpc) is 3.35. The molecule has 2 aliphatic heterocycles. The minimum absolute atomic E-state index is 0.198. The van der Waals surface area contributed by atoms with Gasteiger partial charge in [0.25, 0.3) is 0 Å². The minimum Gasteiger partial charge on any atom is -0.467 e. The second-order valence-corrected chi connectivity index (χ2v) is 8.11. The average molecular weight is 401 g/mol. The number of methoxy groups -OCH3 is 1. The second kappa shape index (κ2) is 5.14. The molecule has 27 heavy (non-hydrogen) atoms. The van der Waals surface area contributed by atoms with E-state index in [2.05, 4.69) is 9.88 Å². The number of imidazole rings is 1. The number of hydrogen-bond donors (Lipinski definition) is 0. The maximum absolute atomic E-state index is 12.4. The maximum atomic E-state index is 12.4. The highest BCUT2D eigenvalue weighted by Crippen LogP contribution is 2.78. The molecule has 7 rings (SSSR count). The van der Waals surface area contributed by atoms with E-state index >= 15 is 0 Å². The molecule has 3 aromatic rings. The number of carbonyl (C=O) groups is 1. The number of fused-ring (bicyclic) bond motifs is 2. The third kappa shape index (κ3) is 1.95. The molecule has 5 atom stereocenters. The number of esters is 1. The number of carbonyl (C=O) groups excluding carboxylic acids is 1. The number of halogens is 2. The predicted octanol–water partition coefficient (Wildman–Crippen LogP) is 3.33. The van der Waals surface area contributed by atoms with Crippen molar-refractivity contribution in [1.29, 1.82) is 0 Å². The van der Waals surface area contributed by atoms with Gasteiger partial charge in [0.1, 0.15) is 11.9 Å². The van der Waals surface area contributed by atoms with Crippen molar-refractivity contribution in [1.82, 2.24) is 14.5 Å². The summed E-state index contributed by atoms with van der Waals surface area (Å²) in [4.78, 5) is 23.5. The van der Waals surface area contributed by atoms with Crippen molar-refractivity contribution in [2.45, 2.75) is 12.1 Å². The molecule has 2 aromatic heterocycles. The summed E-state index contributed by atoms with van der Waals surface area (Å²) < 4.78 is 6.97. The van der Waals surface area contributed by atoms with Crippen molar-refractivity contribution in [3.63, 3.8) is 0 Å². The largest absolute Gasteiger partial charge is 0.467 e. The molecule has 4 heterocycles. The Morgan fingerprint density at radius 2 is 2.04 bits per heavy atom. The van der Waals surface area contributed by atoms with Crippen molar-refractivity contribution in [3.8, 4) is 5.69 Å². The van der Waals surface area contributed by atoms with Crippen LogP contribution < -0.4 is 4.90 Å². The van der Waals surface area contributed by atoms with Gasteiger partial charge in [-0.2, -0.15) is 0 Å². The topological polar surface area (TPSA) is 60.2 Å². The van der Waals surface area contributed by atoms with Crippen LogP contribution in [-0.4, -0.2) is 39.7 Å². The Labute approximate surface area is 164 Å². The highest BCUT2D eigenvalue weighted by atomic mass is 35.5. The van der Waals surface area contributed by atoms with E-state index in [0.717, 1.165) is 16.9 Å². The van der Waals surface area contributed by atoms with E-state index in [4.69, 9.17) is 32.9 Å². The monoisotopic (exact) mass is 400 g/mol. The van der Waals surface area contributed by atoms with Gasteiger partial charge in [0, 0.05) is 35.8 Å². The third-order valence-corrected chi connectivity index (χ3v) is 6.95. The Kier molecular flexibility index (Phi) is 3.00. The van der Waals surface area contributed by atoms with E-state index in [1.165, 1.54) is 7.11 Å². The molecule has 6 nitrogen and oxygen atoms in total. The lowest BCUT2D eigenvalue weighted by molar-refractivity contribution is -0.142. The molecule has 0 radical (unpaired) electrons. The lowest BCUT2D eigenvalue weighted by Gasteiger charge is -2.25. The van der Waals surface area contributed by atoms with Gasteiger partial charge < -0.3 is 14.2 Å². The first kappa shape index (κ1) is 15.7. The van der Waals surface area contributed by atoms with Gasteiger partial charge in [0.15, 0.2) is 0 Å². The molecule has 4 aliphatic rings. The summed E-state index contributed by atoms with van der Waals surface area (Å²) in [5, 5.41) is 1.73. The molecule has 4 fully saturated rings. The van der Waals surface area contributed by atoms with Crippen molar-refractivity contribution in [2.24, 2.45) is 17.8 Å². The number of benzene rings is 1. The number of piperidine rings is 1. The van der Waals surface area contributed by atoms with E-state index < -0.39 is 0 Å². The van der Waals surface area contributed by atoms with E-state index in [9.17, 15) is 4.79 Å². The standard InChI is InChI=1S/C19H14Cl2N4O2/c1-27-19(26)18-14-12-13(14)17(12)25(18)11-6-10(24-5-4-22-7-24)8-2-3-9(20)15(21)16(8)23-11/h2-7,12-14,17-18H,1H3/t12-,13?,14?,17?,18+/m1/s1. The Morgan fingerprint density at radius 3 is 2.74 bits per heavy atom. The fraction of sp³-hybridized carbons (Fsp3) is 0.316. The fourth-order valence-corrected chi connectivity index (χ4v) is 5.20. The van der Waals surface area contributed by atoms with Gasteiger partial charge in [-0.15, -0.1) is 0 Å². The molecule has 2 saturated heterocycles.